The van der Waals surface area contributed by atoms with Gasteiger partial charge in [-0.25, -0.2) is 10.2 Å². The van der Waals surface area contributed by atoms with Crippen molar-refractivity contribution in [3.05, 3.63) is 11.6 Å². The number of aliphatic carboxylic acids is 1. The van der Waals surface area contributed by atoms with Gasteiger partial charge in [0.25, 0.3) is 0 Å². The van der Waals surface area contributed by atoms with E-state index in [1.54, 1.807) is 0 Å². The Hall–Kier alpha value is -1.69. The van der Waals surface area contributed by atoms with Crippen LogP contribution in [-0.2, 0) is 9.59 Å². The highest BCUT2D eigenvalue weighted by Crippen LogP contribution is 2.01. The molecule has 6 heteroatoms. The number of nitrogens with one attached hydrogen (secondary N) is 1. The van der Waals surface area contributed by atoms with E-state index in [-0.39, 0.29) is 12.5 Å². The number of carboxylic acid groups (broad SMARTS) is 1. The van der Waals surface area contributed by atoms with Crippen molar-refractivity contribution in [1.29, 1.82) is 0 Å². The van der Waals surface area contributed by atoms with Gasteiger partial charge in [0.1, 0.15) is 0 Å². The normalized spacial score (nSPS) is 11.7. The molecular weight excluding hydrogens is 198 g/mol. The molecule has 0 fully saturated rings. The molecule has 4 N–H and O–H groups in total. The van der Waals surface area contributed by atoms with Gasteiger partial charge in [0.15, 0.2) is 0 Å². The lowest BCUT2D eigenvalue weighted by Gasteiger charge is -1.99. The summed E-state index contributed by atoms with van der Waals surface area (Å²) >= 11 is 0. The van der Waals surface area contributed by atoms with E-state index < -0.39 is 5.97 Å². The van der Waals surface area contributed by atoms with E-state index >= 15 is 0 Å². The number of hydrogen-bond acceptors (Lipinski definition) is 4. The van der Waals surface area contributed by atoms with Crippen LogP contribution in [-0.4, -0.2) is 29.7 Å². The molecule has 6 nitrogen and oxygen atoms in total. The zero-order valence-electron chi connectivity index (χ0n) is 8.56. The maximum Gasteiger partial charge on any atom is 0.328 e. The van der Waals surface area contributed by atoms with Gasteiger partial charge in [-0.1, -0.05) is 0 Å². The summed E-state index contributed by atoms with van der Waals surface area (Å²) in [5.41, 5.74) is 8.22. The molecule has 0 saturated heterocycles. The number of carbonyl (C=O) groups is 2. The SMILES string of the molecule is CC(=O)N/N=C\CC/C(=C/C(=O)O)CN. The number of nitrogens with two attached hydrogens (primary N) is 1. The highest BCUT2D eigenvalue weighted by atomic mass is 16.4. The smallest absolute Gasteiger partial charge is 0.328 e. The summed E-state index contributed by atoms with van der Waals surface area (Å²) in [6.45, 7) is 1.56. The lowest BCUT2D eigenvalue weighted by Crippen LogP contribution is -2.12. The molecule has 84 valence electrons. The van der Waals surface area contributed by atoms with Gasteiger partial charge in [0.2, 0.25) is 5.91 Å². The quantitative estimate of drug-likeness (QED) is 0.324. The minimum absolute atomic E-state index is 0.209. The second-order valence-corrected chi connectivity index (χ2v) is 2.86. The fourth-order valence-electron chi connectivity index (χ4n) is 0.859. The first-order valence-electron chi connectivity index (χ1n) is 4.46. The first kappa shape index (κ1) is 13.3. The summed E-state index contributed by atoms with van der Waals surface area (Å²) < 4.78 is 0. The molecule has 1 amide bonds. The third-order valence-electron chi connectivity index (χ3n) is 1.50. The van der Waals surface area contributed by atoms with Crippen molar-refractivity contribution in [2.75, 3.05) is 6.54 Å². The fourth-order valence-corrected chi connectivity index (χ4v) is 0.859. The zero-order chi connectivity index (χ0) is 11.7. The van der Waals surface area contributed by atoms with Gasteiger partial charge in [-0.05, 0) is 18.4 Å². The van der Waals surface area contributed by atoms with Crippen molar-refractivity contribution in [1.82, 2.24) is 5.43 Å². The van der Waals surface area contributed by atoms with E-state index in [1.807, 2.05) is 0 Å². The number of carboxylic acids is 1. The van der Waals surface area contributed by atoms with Crippen LogP contribution in [0.5, 0.6) is 0 Å². The fraction of sp³-hybridized carbons (Fsp3) is 0.444. The van der Waals surface area contributed by atoms with Gasteiger partial charge in [0.05, 0.1) is 0 Å². The summed E-state index contributed by atoms with van der Waals surface area (Å²) in [6, 6.07) is 0. The van der Waals surface area contributed by atoms with Crippen LogP contribution in [0.4, 0.5) is 0 Å². The second kappa shape index (κ2) is 7.69. The van der Waals surface area contributed by atoms with Crippen LogP contribution >= 0.6 is 0 Å². The van der Waals surface area contributed by atoms with Crippen molar-refractivity contribution < 1.29 is 14.7 Å². The highest BCUT2D eigenvalue weighted by molar-refractivity contribution is 5.80. The molecule has 0 aliphatic rings. The summed E-state index contributed by atoms with van der Waals surface area (Å²) in [6.07, 6.45) is 3.65. The van der Waals surface area contributed by atoms with Gasteiger partial charge in [-0.3, -0.25) is 4.79 Å². The maximum atomic E-state index is 10.4. The standard InChI is InChI=1S/C9H15N3O3/c1-7(13)12-11-4-2-3-8(6-10)5-9(14)15/h4-5H,2-3,6,10H2,1H3,(H,12,13)(H,14,15)/b8-5-,11-4-. The Morgan fingerprint density at radius 3 is 2.67 bits per heavy atom. The average Bonchev–Trinajstić information content (AvgIpc) is 2.14. The predicted octanol–water partition coefficient (Wildman–Crippen LogP) is -0.142. The molecule has 0 atom stereocenters. The third kappa shape index (κ3) is 8.63. The molecule has 0 saturated carbocycles. The van der Waals surface area contributed by atoms with Gasteiger partial charge >= 0.3 is 5.97 Å². The summed E-state index contributed by atoms with van der Waals surface area (Å²) in [5.74, 6) is -1.25. The summed E-state index contributed by atoms with van der Waals surface area (Å²) in [4.78, 5) is 20.7. The molecule has 0 radical (unpaired) electrons. The molecule has 0 unspecified atom stereocenters. The van der Waals surface area contributed by atoms with E-state index in [2.05, 4.69) is 10.5 Å². The molecule has 0 bridgehead atoms. The summed E-state index contributed by atoms with van der Waals surface area (Å²) in [7, 11) is 0. The lowest BCUT2D eigenvalue weighted by atomic mass is 10.1. The number of amides is 1. The number of rotatable bonds is 6. The van der Waals surface area contributed by atoms with Crippen LogP contribution < -0.4 is 11.2 Å². The van der Waals surface area contributed by atoms with Gasteiger partial charge in [0, 0.05) is 25.8 Å². The van der Waals surface area contributed by atoms with Crippen molar-refractivity contribution in [2.24, 2.45) is 10.8 Å². The molecule has 0 aliphatic heterocycles. The number of hydrogen-bond donors (Lipinski definition) is 3. The first-order valence-corrected chi connectivity index (χ1v) is 4.46. The third-order valence-corrected chi connectivity index (χ3v) is 1.50. The van der Waals surface area contributed by atoms with Gasteiger partial charge in [-0.15, -0.1) is 0 Å². The average molecular weight is 213 g/mol. The Balaban J connectivity index is 3.87. The Labute approximate surface area is 87.8 Å². The van der Waals surface area contributed by atoms with Crippen LogP contribution in [0.2, 0.25) is 0 Å². The molecule has 0 aromatic heterocycles. The van der Waals surface area contributed by atoms with Crippen molar-refractivity contribution in [3.63, 3.8) is 0 Å². The number of nitrogens with zero attached hydrogens (tertiary/aromatic N) is 1. The molecule has 0 spiro atoms. The Bertz CT molecular complexity index is 284. The number of hydrazone groups is 1. The minimum atomic E-state index is -1.01. The Morgan fingerprint density at radius 1 is 1.53 bits per heavy atom. The van der Waals surface area contributed by atoms with E-state index in [0.717, 1.165) is 6.08 Å². The molecule has 0 aliphatic carbocycles. The van der Waals surface area contributed by atoms with Gasteiger partial charge in [-0.2, -0.15) is 5.10 Å². The van der Waals surface area contributed by atoms with E-state index in [4.69, 9.17) is 10.8 Å². The van der Waals surface area contributed by atoms with Crippen LogP contribution in [0, 0.1) is 0 Å². The molecule has 0 aromatic rings. The van der Waals surface area contributed by atoms with Gasteiger partial charge < -0.3 is 10.8 Å². The van der Waals surface area contributed by atoms with Crippen molar-refractivity contribution >= 4 is 18.1 Å². The summed E-state index contributed by atoms with van der Waals surface area (Å²) in [5, 5.41) is 12.1. The van der Waals surface area contributed by atoms with Crippen molar-refractivity contribution in [3.8, 4) is 0 Å². The molecule has 15 heavy (non-hydrogen) atoms. The number of carbonyl (C=O) groups excluding carboxylic acids is 1. The van der Waals surface area contributed by atoms with Crippen LogP contribution in [0.15, 0.2) is 16.8 Å². The molecule has 0 rings (SSSR count). The molecule has 0 heterocycles. The second-order valence-electron chi connectivity index (χ2n) is 2.86. The molecular formula is C9H15N3O3. The highest BCUT2D eigenvalue weighted by Gasteiger charge is 1.97. The Kier molecular flexibility index (Phi) is 6.82. The van der Waals surface area contributed by atoms with Crippen LogP contribution in [0.3, 0.4) is 0 Å². The van der Waals surface area contributed by atoms with Crippen molar-refractivity contribution in [2.45, 2.75) is 19.8 Å². The lowest BCUT2D eigenvalue weighted by molar-refractivity contribution is -0.131. The Morgan fingerprint density at radius 2 is 2.20 bits per heavy atom. The minimum Gasteiger partial charge on any atom is -0.478 e. The van der Waals surface area contributed by atoms with Crippen LogP contribution in [0.25, 0.3) is 0 Å². The topological polar surface area (TPSA) is 105 Å². The maximum absolute atomic E-state index is 10.4. The van der Waals surface area contributed by atoms with E-state index in [9.17, 15) is 9.59 Å². The van der Waals surface area contributed by atoms with E-state index in [1.165, 1.54) is 13.1 Å². The predicted molar refractivity (Wildman–Crippen MR) is 56.3 cm³/mol. The van der Waals surface area contributed by atoms with Crippen LogP contribution in [0.1, 0.15) is 19.8 Å². The zero-order valence-corrected chi connectivity index (χ0v) is 8.56. The van der Waals surface area contributed by atoms with E-state index in [0.29, 0.717) is 18.4 Å². The first-order chi connectivity index (χ1) is 7.06. The largest absolute Gasteiger partial charge is 0.478 e. The monoisotopic (exact) mass is 213 g/mol. The molecule has 0 aromatic carbocycles.